The number of rotatable bonds is 7. The van der Waals surface area contributed by atoms with E-state index in [-0.39, 0.29) is 41.6 Å². The Balaban J connectivity index is 1.33. The molecule has 8 heteroatoms. The first-order chi connectivity index (χ1) is 19.0. The first-order valence-electron chi connectivity index (χ1n) is 15.3. The minimum atomic E-state index is -0.481. The Bertz CT molecular complexity index is 1190. The fourth-order valence-electron chi connectivity index (χ4n) is 8.18. The molecule has 4 fully saturated rings. The fourth-order valence-corrected chi connectivity index (χ4v) is 8.18. The second-order valence-corrected chi connectivity index (χ2v) is 12.4. The zero-order valence-electron chi connectivity index (χ0n) is 23.4. The van der Waals surface area contributed by atoms with E-state index in [0.29, 0.717) is 12.1 Å². The number of H-pyrrole nitrogens is 1. The topological polar surface area (TPSA) is 80.5 Å². The number of carbonyl (C=O) groups excluding carboxylic acids is 2. The number of benzene rings is 1. The lowest BCUT2D eigenvalue weighted by Crippen LogP contribution is -2.57. The maximum atomic E-state index is 14.5. The molecule has 2 aliphatic carbocycles. The van der Waals surface area contributed by atoms with Gasteiger partial charge in [0, 0.05) is 48.2 Å². The van der Waals surface area contributed by atoms with Crippen LogP contribution in [-0.2, 0) is 9.59 Å². The molecule has 0 bridgehead atoms. The van der Waals surface area contributed by atoms with Gasteiger partial charge in [0.25, 0.3) is 0 Å². The number of nitrogens with one attached hydrogen (secondary N) is 3. The summed E-state index contributed by atoms with van der Waals surface area (Å²) in [5, 5.41) is 7.27. The van der Waals surface area contributed by atoms with Gasteiger partial charge >= 0.3 is 0 Å². The molecule has 2 saturated carbocycles. The van der Waals surface area contributed by atoms with Crippen LogP contribution < -0.4 is 10.6 Å². The third kappa shape index (κ3) is 4.99. The van der Waals surface area contributed by atoms with E-state index < -0.39 is 6.04 Å². The smallest absolute Gasteiger partial charge is 0.245 e. The Morgan fingerprint density at radius 2 is 1.79 bits per heavy atom. The van der Waals surface area contributed by atoms with Gasteiger partial charge in [0.2, 0.25) is 11.8 Å². The number of hydrogen-bond acceptors (Lipinski definition) is 4. The quantitative estimate of drug-likeness (QED) is 0.492. The summed E-state index contributed by atoms with van der Waals surface area (Å²) >= 11 is 0. The molecular weight excluding hydrogens is 493 g/mol. The Morgan fingerprint density at radius 3 is 2.54 bits per heavy atom. The van der Waals surface area contributed by atoms with E-state index in [1.165, 1.54) is 43.7 Å². The van der Waals surface area contributed by atoms with Crippen molar-refractivity contribution < 1.29 is 14.0 Å². The Morgan fingerprint density at radius 1 is 1.05 bits per heavy atom. The van der Waals surface area contributed by atoms with Crippen molar-refractivity contribution in [2.45, 2.75) is 107 Å². The number of aromatic amines is 1. The highest BCUT2D eigenvalue weighted by Crippen LogP contribution is 2.46. The number of halogens is 1. The van der Waals surface area contributed by atoms with Gasteiger partial charge < -0.3 is 20.5 Å². The summed E-state index contributed by atoms with van der Waals surface area (Å²) in [5.74, 6) is 0.0780. The van der Waals surface area contributed by atoms with Crippen LogP contribution >= 0.6 is 0 Å². The van der Waals surface area contributed by atoms with Gasteiger partial charge in [-0.25, -0.2) is 4.39 Å². The van der Waals surface area contributed by atoms with Crippen molar-refractivity contribution in [2.75, 3.05) is 20.1 Å². The van der Waals surface area contributed by atoms with Gasteiger partial charge in [-0.1, -0.05) is 32.1 Å². The van der Waals surface area contributed by atoms with Crippen molar-refractivity contribution >= 4 is 22.7 Å². The van der Waals surface area contributed by atoms with Gasteiger partial charge in [-0.05, 0) is 75.8 Å². The van der Waals surface area contributed by atoms with Gasteiger partial charge in [-0.2, -0.15) is 0 Å². The first-order valence-corrected chi connectivity index (χ1v) is 15.3. The van der Waals surface area contributed by atoms with E-state index in [1.54, 1.807) is 13.1 Å². The summed E-state index contributed by atoms with van der Waals surface area (Å²) in [6.07, 6.45) is 13.4. The van der Waals surface area contributed by atoms with E-state index in [1.807, 2.05) is 19.2 Å². The molecule has 2 aromatic rings. The lowest BCUT2D eigenvalue weighted by molar-refractivity contribution is -0.139. The maximum Gasteiger partial charge on any atom is 0.245 e. The Labute approximate surface area is 231 Å². The van der Waals surface area contributed by atoms with Crippen LogP contribution in [0.15, 0.2) is 24.4 Å². The number of likely N-dealkylation sites (N-methyl/N-ethyl adjacent to an activating group) is 1. The molecule has 2 amide bonds. The summed E-state index contributed by atoms with van der Waals surface area (Å²) in [5.41, 5.74) is 1.99. The molecule has 0 spiro atoms. The van der Waals surface area contributed by atoms with Gasteiger partial charge in [0.1, 0.15) is 11.9 Å². The molecule has 3 N–H and O–H groups in total. The third-order valence-electron chi connectivity index (χ3n) is 10.3. The highest BCUT2D eigenvalue weighted by Gasteiger charge is 2.54. The number of nitrogens with zero attached hydrogens (tertiary/aromatic N) is 2. The summed E-state index contributed by atoms with van der Waals surface area (Å²) in [6.45, 7) is 3.49. The number of carbonyl (C=O) groups is 2. The van der Waals surface area contributed by atoms with Crippen molar-refractivity contribution in [3.63, 3.8) is 0 Å². The SMILES string of the molecule is CNC(C)C(=O)NC(C(=O)N1CCC2C1C(c1c[nH]c3cc(F)ccc13)CN2C1CCCC1)C1CCCCC1. The van der Waals surface area contributed by atoms with Crippen LogP contribution in [0.5, 0.6) is 0 Å². The molecule has 1 aromatic carbocycles. The Kier molecular flexibility index (Phi) is 7.68. The molecular formula is C31H44FN5O2. The van der Waals surface area contributed by atoms with Crippen LogP contribution in [0.4, 0.5) is 4.39 Å². The van der Waals surface area contributed by atoms with Crippen LogP contribution in [0.2, 0.25) is 0 Å². The third-order valence-corrected chi connectivity index (χ3v) is 10.3. The number of likely N-dealkylation sites (tertiary alicyclic amines) is 2. The molecule has 6 rings (SSSR count). The molecule has 2 aliphatic heterocycles. The van der Waals surface area contributed by atoms with Crippen LogP contribution in [0.3, 0.4) is 0 Å². The molecule has 1 aromatic heterocycles. The first kappa shape index (κ1) is 26.8. The lowest BCUT2D eigenvalue weighted by atomic mass is 9.82. The van der Waals surface area contributed by atoms with Crippen molar-refractivity contribution in [3.8, 4) is 0 Å². The van der Waals surface area contributed by atoms with Crippen molar-refractivity contribution in [1.29, 1.82) is 0 Å². The number of hydrogen-bond donors (Lipinski definition) is 3. The Hall–Kier alpha value is -2.45. The molecule has 0 radical (unpaired) electrons. The standard InChI is InChI=1S/C31H44FN5O2/c1-19(33-2)30(38)35-28(20-8-4-3-5-9-20)31(39)36-15-14-27-29(36)25(18-37(27)22-10-6-7-11-22)24-17-34-26-16-21(32)12-13-23(24)26/h12-13,16-17,19-20,22,25,27-29,33-34H,3-11,14-15,18H2,1-2H3,(H,35,38). The molecule has 4 aliphatic rings. The second-order valence-electron chi connectivity index (χ2n) is 12.4. The highest BCUT2D eigenvalue weighted by molar-refractivity contribution is 5.90. The molecule has 5 atom stereocenters. The predicted molar refractivity (Wildman–Crippen MR) is 151 cm³/mol. The van der Waals surface area contributed by atoms with E-state index in [9.17, 15) is 14.0 Å². The highest BCUT2D eigenvalue weighted by atomic mass is 19.1. The van der Waals surface area contributed by atoms with Gasteiger partial charge in [0.05, 0.1) is 12.1 Å². The second kappa shape index (κ2) is 11.2. The van der Waals surface area contributed by atoms with E-state index in [2.05, 4.69) is 25.4 Å². The summed E-state index contributed by atoms with van der Waals surface area (Å²) in [6, 6.07) is 5.12. The van der Waals surface area contributed by atoms with Crippen LogP contribution in [0.1, 0.15) is 82.6 Å². The van der Waals surface area contributed by atoms with Gasteiger partial charge in [-0.15, -0.1) is 0 Å². The van der Waals surface area contributed by atoms with Crippen molar-refractivity contribution in [3.05, 3.63) is 35.8 Å². The molecule has 2 saturated heterocycles. The van der Waals surface area contributed by atoms with E-state index >= 15 is 0 Å². The summed E-state index contributed by atoms with van der Waals surface area (Å²) in [7, 11) is 1.78. The summed E-state index contributed by atoms with van der Waals surface area (Å²) in [4.78, 5) is 35.7. The zero-order chi connectivity index (χ0) is 27.1. The van der Waals surface area contributed by atoms with Crippen molar-refractivity contribution in [1.82, 2.24) is 25.4 Å². The average molecular weight is 538 g/mol. The normalized spacial score (nSPS) is 28.2. The molecule has 5 unspecified atom stereocenters. The minimum absolute atomic E-state index is 0.0619. The molecule has 212 valence electrons. The van der Waals surface area contributed by atoms with Crippen LogP contribution in [0, 0.1) is 11.7 Å². The maximum absolute atomic E-state index is 14.5. The molecule has 39 heavy (non-hydrogen) atoms. The molecule has 7 nitrogen and oxygen atoms in total. The van der Waals surface area contributed by atoms with E-state index in [4.69, 9.17) is 0 Å². The van der Waals surface area contributed by atoms with Gasteiger partial charge in [0.15, 0.2) is 0 Å². The minimum Gasteiger partial charge on any atom is -0.361 e. The molecule has 3 heterocycles. The largest absolute Gasteiger partial charge is 0.361 e. The fraction of sp³-hybridized carbons (Fsp3) is 0.677. The number of fused-ring (bicyclic) bond motifs is 2. The predicted octanol–water partition coefficient (Wildman–Crippen LogP) is 4.29. The average Bonchev–Trinajstić information content (AvgIpc) is 3.75. The van der Waals surface area contributed by atoms with Gasteiger partial charge in [-0.3, -0.25) is 14.5 Å². The summed E-state index contributed by atoms with van der Waals surface area (Å²) < 4.78 is 14.0. The lowest BCUT2D eigenvalue weighted by Gasteiger charge is -2.36. The van der Waals surface area contributed by atoms with Crippen LogP contribution in [-0.4, -0.2) is 76.9 Å². The monoisotopic (exact) mass is 537 g/mol. The zero-order valence-corrected chi connectivity index (χ0v) is 23.4. The van der Waals surface area contributed by atoms with E-state index in [0.717, 1.165) is 56.1 Å². The van der Waals surface area contributed by atoms with Crippen LogP contribution in [0.25, 0.3) is 10.9 Å². The number of amides is 2. The number of aromatic nitrogens is 1. The van der Waals surface area contributed by atoms with Crippen molar-refractivity contribution in [2.24, 2.45) is 5.92 Å².